The molecule has 0 aliphatic heterocycles. The third-order valence-electron chi connectivity index (χ3n) is 1.89. The highest BCUT2D eigenvalue weighted by Gasteiger charge is 1.98. The highest BCUT2D eigenvalue weighted by Crippen LogP contribution is 2.09. The molecule has 0 aliphatic carbocycles. The molecule has 0 saturated carbocycles. The average molecular weight is 180 g/mol. The molecular weight excluding hydrogens is 164 g/mol. The summed E-state index contributed by atoms with van der Waals surface area (Å²) in [4.78, 5) is 4.24. The van der Waals surface area contributed by atoms with Crippen LogP contribution in [0.25, 0.3) is 0 Å². The molecule has 0 bridgehead atoms. The van der Waals surface area contributed by atoms with Crippen LogP contribution in [0.15, 0.2) is 18.3 Å². The Hall–Kier alpha value is -1.09. The Balaban J connectivity index is 2.49. The minimum atomic E-state index is 0.240. The fourth-order valence-corrected chi connectivity index (χ4v) is 1.06. The number of pyridine rings is 1. The second kappa shape index (κ2) is 4.82. The zero-order valence-electron chi connectivity index (χ0n) is 8.16. The highest BCUT2D eigenvalue weighted by molar-refractivity contribution is 5.19. The van der Waals surface area contributed by atoms with Crippen molar-refractivity contribution < 1.29 is 4.74 Å². The highest BCUT2D eigenvalue weighted by atomic mass is 16.5. The van der Waals surface area contributed by atoms with Crippen molar-refractivity contribution in [2.45, 2.75) is 25.8 Å². The van der Waals surface area contributed by atoms with E-state index in [1.165, 1.54) is 0 Å². The normalized spacial score (nSPS) is 12.5. The number of nitrogens with two attached hydrogens (primary N) is 1. The molecule has 0 aliphatic rings. The van der Waals surface area contributed by atoms with Crippen LogP contribution >= 0.6 is 0 Å². The van der Waals surface area contributed by atoms with Crippen molar-refractivity contribution in [2.24, 2.45) is 5.73 Å². The molecule has 13 heavy (non-hydrogen) atoms. The SMILES string of the molecule is COc1ccc(CC[C@@H](C)N)nc1. The number of nitrogens with zero attached hydrogens (tertiary/aromatic N) is 1. The third kappa shape index (κ3) is 3.42. The van der Waals surface area contributed by atoms with Gasteiger partial charge in [-0.05, 0) is 31.9 Å². The molecule has 0 aromatic carbocycles. The van der Waals surface area contributed by atoms with E-state index in [-0.39, 0.29) is 6.04 Å². The Morgan fingerprint density at radius 1 is 1.54 bits per heavy atom. The summed E-state index contributed by atoms with van der Waals surface area (Å²) in [5.74, 6) is 0.796. The van der Waals surface area contributed by atoms with Crippen LogP contribution in [-0.4, -0.2) is 18.1 Å². The van der Waals surface area contributed by atoms with Gasteiger partial charge in [0.15, 0.2) is 0 Å². The minimum absolute atomic E-state index is 0.240. The van der Waals surface area contributed by atoms with Gasteiger partial charge in [0, 0.05) is 11.7 Å². The molecule has 72 valence electrons. The van der Waals surface area contributed by atoms with Crippen molar-refractivity contribution in [2.75, 3.05) is 7.11 Å². The van der Waals surface area contributed by atoms with Crippen LogP contribution in [-0.2, 0) is 6.42 Å². The van der Waals surface area contributed by atoms with E-state index < -0.39 is 0 Å². The zero-order valence-corrected chi connectivity index (χ0v) is 8.16. The predicted molar refractivity (Wildman–Crippen MR) is 52.8 cm³/mol. The Labute approximate surface area is 78.9 Å². The van der Waals surface area contributed by atoms with E-state index in [1.54, 1.807) is 13.3 Å². The van der Waals surface area contributed by atoms with Crippen molar-refractivity contribution in [1.29, 1.82) is 0 Å². The molecule has 0 saturated heterocycles. The van der Waals surface area contributed by atoms with Gasteiger partial charge < -0.3 is 10.5 Å². The second-order valence-electron chi connectivity index (χ2n) is 3.21. The molecule has 2 N–H and O–H groups in total. The molecule has 1 rings (SSSR count). The Kier molecular flexibility index (Phi) is 3.71. The Bertz CT molecular complexity index is 244. The van der Waals surface area contributed by atoms with E-state index in [4.69, 9.17) is 10.5 Å². The molecular formula is C10H16N2O. The number of methoxy groups -OCH3 is 1. The molecule has 1 aromatic rings. The van der Waals surface area contributed by atoms with Gasteiger partial charge in [-0.1, -0.05) is 0 Å². The minimum Gasteiger partial charge on any atom is -0.495 e. The van der Waals surface area contributed by atoms with Gasteiger partial charge in [0.1, 0.15) is 5.75 Å². The fraction of sp³-hybridized carbons (Fsp3) is 0.500. The lowest BCUT2D eigenvalue weighted by molar-refractivity contribution is 0.412. The van der Waals surface area contributed by atoms with Crippen molar-refractivity contribution in [3.05, 3.63) is 24.0 Å². The first kappa shape index (κ1) is 9.99. The van der Waals surface area contributed by atoms with E-state index in [1.807, 2.05) is 19.1 Å². The quantitative estimate of drug-likeness (QED) is 0.761. The molecule has 3 heteroatoms. The lowest BCUT2D eigenvalue weighted by Gasteiger charge is -2.04. The number of aromatic nitrogens is 1. The largest absolute Gasteiger partial charge is 0.495 e. The van der Waals surface area contributed by atoms with Crippen LogP contribution < -0.4 is 10.5 Å². The predicted octanol–water partition coefficient (Wildman–Crippen LogP) is 1.37. The number of hydrogen-bond donors (Lipinski definition) is 1. The van der Waals surface area contributed by atoms with Crippen LogP contribution in [0.4, 0.5) is 0 Å². The first-order chi connectivity index (χ1) is 6.22. The van der Waals surface area contributed by atoms with Crippen LogP contribution in [0, 0.1) is 0 Å². The molecule has 0 fully saturated rings. The summed E-state index contributed by atoms with van der Waals surface area (Å²) in [7, 11) is 1.64. The smallest absolute Gasteiger partial charge is 0.137 e. The summed E-state index contributed by atoms with van der Waals surface area (Å²) < 4.78 is 5.01. The van der Waals surface area contributed by atoms with Crippen LogP contribution in [0.1, 0.15) is 19.0 Å². The van der Waals surface area contributed by atoms with E-state index in [0.29, 0.717) is 0 Å². The number of ether oxygens (including phenoxy) is 1. The number of aryl methyl sites for hydroxylation is 1. The molecule has 0 spiro atoms. The van der Waals surface area contributed by atoms with Gasteiger partial charge in [0.2, 0.25) is 0 Å². The number of hydrogen-bond acceptors (Lipinski definition) is 3. The Morgan fingerprint density at radius 3 is 2.77 bits per heavy atom. The third-order valence-corrected chi connectivity index (χ3v) is 1.89. The molecule has 1 heterocycles. The van der Waals surface area contributed by atoms with Gasteiger partial charge in [0.05, 0.1) is 13.3 Å². The van der Waals surface area contributed by atoms with Gasteiger partial charge >= 0.3 is 0 Å². The van der Waals surface area contributed by atoms with Crippen LogP contribution in [0.5, 0.6) is 5.75 Å². The number of rotatable bonds is 4. The monoisotopic (exact) mass is 180 g/mol. The first-order valence-corrected chi connectivity index (χ1v) is 4.47. The van der Waals surface area contributed by atoms with Crippen LogP contribution in [0.3, 0.4) is 0 Å². The van der Waals surface area contributed by atoms with E-state index >= 15 is 0 Å². The average Bonchev–Trinajstić information content (AvgIpc) is 2.15. The molecule has 0 unspecified atom stereocenters. The van der Waals surface area contributed by atoms with Crippen molar-refractivity contribution in [3.63, 3.8) is 0 Å². The zero-order chi connectivity index (χ0) is 9.68. The summed E-state index contributed by atoms with van der Waals surface area (Å²) in [6.07, 6.45) is 3.64. The molecule has 3 nitrogen and oxygen atoms in total. The van der Waals surface area contributed by atoms with Crippen molar-refractivity contribution in [3.8, 4) is 5.75 Å². The topological polar surface area (TPSA) is 48.1 Å². The maximum absolute atomic E-state index is 5.64. The van der Waals surface area contributed by atoms with Gasteiger partial charge in [-0.2, -0.15) is 0 Å². The lowest BCUT2D eigenvalue weighted by atomic mass is 10.1. The first-order valence-electron chi connectivity index (χ1n) is 4.47. The lowest BCUT2D eigenvalue weighted by Crippen LogP contribution is -2.15. The summed E-state index contributed by atoms with van der Waals surface area (Å²) in [5.41, 5.74) is 6.71. The van der Waals surface area contributed by atoms with Crippen molar-refractivity contribution >= 4 is 0 Å². The maximum Gasteiger partial charge on any atom is 0.137 e. The molecule has 1 aromatic heterocycles. The Morgan fingerprint density at radius 2 is 2.31 bits per heavy atom. The fourth-order valence-electron chi connectivity index (χ4n) is 1.06. The van der Waals surface area contributed by atoms with E-state index in [9.17, 15) is 0 Å². The van der Waals surface area contributed by atoms with E-state index in [2.05, 4.69) is 4.98 Å². The summed E-state index contributed by atoms with van der Waals surface area (Å²) in [6.45, 7) is 2.00. The maximum atomic E-state index is 5.64. The molecule has 0 radical (unpaired) electrons. The molecule has 0 amide bonds. The standard InChI is InChI=1S/C10H16N2O/c1-8(11)3-4-9-5-6-10(13-2)7-12-9/h5-8H,3-4,11H2,1-2H3/t8-/m1/s1. The van der Waals surface area contributed by atoms with Gasteiger partial charge in [0.25, 0.3) is 0 Å². The summed E-state index contributed by atoms with van der Waals surface area (Å²) in [6, 6.07) is 4.13. The van der Waals surface area contributed by atoms with Crippen molar-refractivity contribution in [1.82, 2.24) is 4.98 Å². The van der Waals surface area contributed by atoms with Gasteiger partial charge in [-0.3, -0.25) is 4.98 Å². The summed E-state index contributed by atoms with van der Waals surface area (Å²) in [5, 5.41) is 0. The van der Waals surface area contributed by atoms with Crippen LogP contribution in [0.2, 0.25) is 0 Å². The summed E-state index contributed by atoms with van der Waals surface area (Å²) >= 11 is 0. The van der Waals surface area contributed by atoms with Gasteiger partial charge in [-0.15, -0.1) is 0 Å². The van der Waals surface area contributed by atoms with Gasteiger partial charge in [-0.25, -0.2) is 0 Å². The second-order valence-corrected chi connectivity index (χ2v) is 3.21. The van der Waals surface area contributed by atoms with E-state index in [0.717, 1.165) is 24.3 Å². The molecule has 1 atom stereocenters.